The fourth-order valence-electron chi connectivity index (χ4n) is 2.76. The molecule has 0 fully saturated rings. The summed E-state index contributed by atoms with van der Waals surface area (Å²) in [6, 6.07) is 7.39. The number of hydrogen-bond acceptors (Lipinski definition) is 8. The zero-order valence-corrected chi connectivity index (χ0v) is 17.5. The van der Waals surface area contributed by atoms with Crippen LogP contribution in [0.25, 0.3) is 6.08 Å². The van der Waals surface area contributed by atoms with Crippen molar-refractivity contribution < 1.29 is 38.4 Å². The van der Waals surface area contributed by atoms with Crippen LogP contribution in [0.2, 0.25) is 0 Å². The molecule has 8 heteroatoms. The molecule has 0 spiro atoms. The third-order valence-electron chi connectivity index (χ3n) is 4.18. The molecule has 0 aliphatic carbocycles. The van der Waals surface area contributed by atoms with Crippen LogP contribution < -0.4 is 18.9 Å². The third-order valence-corrected chi connectivity index (χ3v) is 4.18. The van der Waals surface area contributed by atoms with Crippen LogP contribution in [0.1, 0.15) is 22.8 Å². The van der Waals surface area contributed by atoms with E-state index < -0.39 is 11.8 Å². The Labute approximate surface area is 174 Å². The van der Waals surface area contributed by atoms with Crippen molar-refractivity contribution in [1.29, 1.82) is 0 Å². The number of esters is 1. The number of phenols is 1. The van der Waals surface area contributed by atoms with Crippen LogP contribution in [0, 0.1) is 0 Å². The molecule has 2 aromatic rings. The molecular formula is C22H24O8. The van der Waals surface area contributed by atoms with Crippen molar-refractivity contribution in [2.24, 2.45) is 0 Å². The number of methoxy groups -OCH3 is 4. The van der Waals surface area contributed by atoms with E-state index in [0.717, 1.165) is 0 Å². The van der Waals surface area contributed by atoms with E-state index >= 15 is 0 Å². The number of carbonyl (C=O) groups excluding carboxylic acids is 2. The van der Waals surface area contributed by atoms with E-state index in [1.54, 1.807) is 13.0 Å². The second kappa shape index (κ2) is 10.2. The van der Waals surface area contributed by atoms with Gasteiger partial charge in [-0.3, -0.25) is 4.79 Å². The number of benzene rings is 2. The van der Waals surface area contributed by atoms with Gasteiger partial charge in [0.1, 0.15) is 5.57 Å². The zero-order valence-electron chi connectivity index (χ0n) is 17.5. The Morgan fingerprint density at radius 2 is 1.50 bits per heavy atom. The summed E-state index contributed by atoms with van der Waals surface area (Å²) in [7, 11) is 5.71. The Bertz CT molecular complexity index is 937. The Morgan fingerprint density at radius 3 is 1.97 bits per heavy atom. The average Bonchev–Trinajstić information content (AvgIpc) is 2.76. The molecule has 160 valence electrons. The van der Waals surface area contributed by atoms with Crippen LogP contribution >= 0.6 is 0 Å². The zero-order chi connectivity index (χ0) is 22.3. The summed E-state index contributed by atoms with van der Waals surface area (Å²) in [5.41, 5.74) is 0.328. The lowest BCUT2D eigenvalue weighted by Gasteiger charge is -2.14. The Kier molecular flexibility index (Phi) is 7.69. The Balaban J connectivity index is 2.59. The van der Waals surface area contributed by atoms with Crippen molar-refractivity contribution in [2.45, 2.75) is 6.92 Å². The largest absolute Gasteiger partial charge is 0.504 e. The van der Waals surface area contributed by atoms with Gasteiger partial charge < -0.3 is 28.8 Å². The number of Topliss-reactive ketones (excluding diaryl/α,β-unsaturated/α-hetero) is 1. The molecule has 0 radical (unpaired) electrons. The number of ether oxygens (including phenoxy) is 5. The summed E-state index contributed by atoms with van der Waals surface area (Å²) >= 11 is 0. The molecule has 0 heterocycles. The minimum atomic E-state index is -0.799. The van der Waals surface area contributed by atoms with Gasteiger partial charge in [0, 0.05) is 5.56 Å². The number of aromatic hydroxyl groups is 1. The van der Waals surface area contributed by atoms with Gasteiger partial charge in [-0.15, -0.1) is 0 Å². The molecule has 0 amide bonds. The van der Waals surface area contributed by atoms with Gasteiger partial charge in [0.25, 0.3) is 0 Å². The summed E-state index contributed by atoms with van der Waals surface area (Å²) in [6.45, 7) is 1.73. The smallest absolute Gasteiger partial charge is 0.342 e. The summed E-state index contributed by atoms with van der Waals surface area (Å²) in [6.07, 6.45) is 1.34. The fraction of sp³-hybridized carbons (Fsp3) is 0.273. The first kappa shape index (κ1) is 22.6. The maximum Gasteiger partial charge on any atom is 0.342 e. The Morgan fingerprint density at radius 1 is 0.900 bits per heavy atom. The summed E-state index contributed by atoms with van der Waals surface area (Å²) in [5, 5.41) is 9.99. The molecule has 0 atom stereocenters. The quantitative estimate of drug-likeness (QED) is 0.219. The lowest BCUT2D eigenvalue weighted by molar-refractivity contribution is -0.137. The second-order valence-electron chi connectivity index (χ2n) is 5.95. The van der Waals surface area contributed by atoms with Crippen LogP contribution in [0.15, 0.2) is 35.9 Å². The minimum Gasteiger partial charge on any atom is -0.504 e. The topological polar surface area (TPSA) is 101 Å². The standard InChI is InChI=1S/C22H24O8/c1-6-30-22(25)15(9-13-7-8-17(26-2)16(23)10-13)20(24)14-11-18(27-3)21(29-5)19(12-14)28-4/h7-12,23H,6H2,1-5H3/b15-9-. The summed E-state index contributed by atoms with van der Waals surface area (Å²) in [5.74, 6) is -0.417. The molecule has 0 aliphatic rings. The normalized spacial score (nSPS) is 10.9. The minimum absolute atomic E-state index is 0.0899. The van der Waals surface area contributed by atoms with E-state index in [4.69, 9.17) is 23.7 Å². The van der Waals surface area contributed by atoms with Gasteiger partial charge in [0.05, 0.1) is 35.0 Å². The van der Waals surface area contributed by atoms with Crippen LogP contribution in [0.5, 0.6) is 28.7 Å². The molecule has 0 bridgehead atoms. The van der Waals surface area contributed by atoms with Gasteiger partial charge in [0.15, 0.2) is 23.0 Å². The first-order chi connectivity index (χ1) is 14.4. The van der Waals surface area contributed by atoms with Crippen LogP contribution in [0.3, 0.4) is 0 Å². The number of carbonyl (C=O) groups is 2. The fourth-order valence-corrected chi connectivity index (χ4v) is 2.76. The van der Waals surface area contributed by atoms with Gasteiger partial charge in [-0.25, -0.2) is 4.79 Å². The molecule has 0 aliphatic heterocycles. The van der Waals surface area contributed by atoms with Gasteiger partial charge in [0.2, 0.25) is 11.5 Å². The lowest BCUT2D eigenvalue weighted by atomic mass is 10.00. The van der Waals surface area contributed by atoms with E-state index in [0.29, 0.717) is 11.3 Å². The monoisotopic (exact) mass is 416 g/mol. The number of rotatable bonds is 9. The number of phenolic OH excluding ortho intramolecular Hbond substituents is 1. The van der Waals surface area contributed by atoms with Crippen LogP contribution in [-0.4, -0.2) is 51.9 Å². The van der Waals surface area contributed by atoms with E-state index in [-0.39, 0.29) is 40.7 Å². The molecule has 8 nitrogen and oxygen atoms in total. The molecule has 0 unspecified atom stereocenters. The molecule has 0 saturated heterocycles. The highest BCUT2D eigenvalue weighted by Gasteiger charge is 2.24. The molecular weight excluding hydrogens is 392 g/mol. The molecule has 0 aromatic heterocycles. The first-order valence-electron chi connectivity index (χ1n) is 9.00. The molecule has 1 N–H and O–H groups in total. The van der Waals surface area contributed by atoms with Crippen molar-refractivity contribution in [1.82, 2.24) is 0 Å². The molecule has 0 saturated carbocycles. The first-order valence-corrected chi connectivity index (χ1v) is 9.00. The predicted octanol–water partition coefficient (Wildman–Crippen LogP) is 3.26. The maximum atomic E-state index is 13.2. The number of ketones is 1. The highest BCUT2D eigenvalue weighted by molar-refractivity contribution is 6.27. The maximum absolute atomic E-state index is 13.2. The predicted molar refractivity (Wildman–Crippen MR) is 110 cm³/mol. The van der Waals surface area contributed by atoms with Crippen molar-refractivity contribution in [3.8, 4) is 28.7 Å². The Hall–Kier alpha value is -3.68. The summed E-state index contributed by atoms with van der Waals surface area (Å²) in [4.78, 5) is 25.7. The van der Waals surface area contributed by atoms with E-state index in [2.05, 4.69) is 0 Å². The molecule has 2 rings (SSSR count). The highest BCUT2D eigenvalue weighted by Crippen LogP contribution is 2.39. The lowest BCUT2D eigenvalue weighted by Crippen LogP contribution is -2.16. The van der Waals surface area contributed by atoms with E-state index in [9.17, 15) is 14.7 Å². The SMILES string of the molecule is CCOC(=O)/C(=C\c1ccc(OC)c(O)c1)C(=O)c1cc(OC)c(OC)c(OC)c1. The van der Waals surface area contributed by atoms with E-state index in [1.165, 1.54) is 58.8 Å². The second-order valence-corrected chi connectivity index (χ2v) is 5.95. The third kappa shape index (κ3) is 4.83. The number of hydrogen-bond donors (Lipinski definition) is 1. The summed E-state index contributed by atoms with van der Waals surface area (Å²) < 4.78 is 25.9. The highest BCUT2D eigenvalue weighted by atomic mass is 16.5. The van der Waals surface area contributed by atoms with Gasteiger partial charge >= 0.3 is 5.97 Å². The van der Waals surface area contributed by atoms with Gasteiger partial charge in [-0.2, -0.15) is 0 Å². The van der Waals surface area contributed by atoms with Crippen LogP contribution in [-0.2, 0) is 9.53 Å². The molecule has 2 aromatic carbocycles. The average molecular weight is 416 g/mol. The van der Waals surface area contributed by atoms with Crippen LogP contribution in [0.4, 0.5) is 0 Å². The van der Waals surface area contributed by atoms with Crippen molar-refractivity contribution in [2.75, 3.05) is 35.0 Å². The molecule has 30 heavy (non-hydrogen) atoms. The van der Waals surface area contributed by atoms with Crippen molar-refractivity contribution in [3.63, 3.8) is 0 Å². The van der Waals surface area contributed by atoms with E-state index in [1.807, 2.05) is 0 Å². The van der Waals surface area contributed by atoms with Crippen molar-refractivity contribution in [3.05, 3.63) is 47.0 Å². The van der Waals surface area contributed by atoms with Gasteiger partial charge in [-0.1, -0.05) is 6.07 Å². The van der Waals surface area contributed by atoms with Gasteiger partial charge in [-0.05, 0) is 42.8 Å². The van der Waals surface area contributed by atoms with Crippen molar-refractivity contribution >= 4 is 17.8 Å².